The highest BCUT2D eigenvalue weighted by Crippen LogP contribution is 2.34. The maximum atomic E-state index is 5.59. The van der Waals surface area contributed by atoms with Crippen LogP contribution in [0.25, 0.3) is 0 Å². The van der Waals surface area contributed by atoms with Gasteiger partial charge in [0.25, 0.3) is 0 Å². The number of rotatable bonds is 7. The Balaban J connectivity index is 0.00000300. The summed E-state index contributed by atoms with van der Waals surface area (Å²) >= 11 is 2.06. The Bertz CT molecular complexity index is 619. The second-order valence-electron chi connectivity index (χ2n) is 8.00. The van der Waals surface area contributed by atoms with Crippen molar-refractivity contribution in [3.63, 3.8) is 0 Å². The van der Waals surface area contributed by atoms with Gasteiger partial charge >= 0.3 is 0 Å². The van der Waals surface area contributed by atoms with E-state index in [0.717, 1.165) is 63.8 Å². The first-order valence-electron chi connectivity index (χ1n) is 10.6. The van der Waals surface area contributed by atoms with Crippen LogP contribution in [0.2, 0.25) is 0 Å². The van der Waals surface area contributed by atoms with Crippen LogP contribution in [-0.2, 0) is 11.3 Å². The standard InChI is InChI=1S/C22H36N4OS.HI/c1-4-28-22(10-12-27-13-11-22)17-24-21(23-3)25-20-14-18(2)26(16-20)15-19-8-6-5-7-9-19;/h5-9,18,20H,4,10-17H2,1-3H3,(H2,23,24,25);1H. The second kappa shape index (κ2) is 12.4. The molecule has 7 heteroatoms. The normalized spacial score (nSPS) is 24.7. The predicted molar refractivity (Wildman–Crippen MR) is 136 cm³/mol. The summed E-state index contributed by atoms with van der Waals surface area (Å²) in [5, 5.41) is 7.28. The molecule has 0 spiro atoms. The van der Waals surface area contributed by atoms with Gasteiger partial charge in [-0.2, -0.15) is 11.8 Å². The van der Waals surface area contributed by atoms with E-state index in [0.29, 0.717) is 12.1 Å². The molecule has 164 valence electrons. The van der Waals surface area contributed by atoms with Crippen LogP contribution < -0.4 is 10.6 Å². The molecular formula is C22H37IN4OS. The number of ether oxygens (including phenoxy) is 1. The molecule has 0 aliphatic carbocycles. The summed E-state index contributed by atoms with van der Waals surface area (Å²) in [6, 6.07) is 11.8. The van der Waals surface area contributed by atoms with Crippen molar-refractivity contribution < 1.29 is 4.74 Å². The van der Waals surface area contributed by atoms with Crippen molar-refractivity contribution in [2.24, 2.45) is 4.99 Å². The molecule has 2 aliphatic rings. The van der Waals surface area contributed by atoms with Crippen molar-refractivity contribution in [1.82, 2.24) is 15.5 Å². The summed E-state index contributed by atoms with van der Waals surface area (Å²) in [4.78, 5) is 7.06. The summed E-state index contributed by atoms with van der Waals surface area (Å²) in [7, 11) is 1.87. The van der Waals surface area contributed by atoms with E-state index in [1.165, 1.54) is 5.56 Å². The van der Waals surface area contributed by atoms with Crippen LogP contribution in [0.5, 0.6) is 0 Å². The molecule has 2 unspecified atom stereocenters. The molecule has 1 aromatic rings. The molecule has 2 fully saturated rings. The summed E-state index contributed by atoms with van der Waals surface area (Å²) in [5.74, 6) is 2.07. The average Bonchev–Trinajstić information content (AvgIpc) is 3.06. The number of benzene rings is 1. The Hall–Kier alpha value is -0.510. The second-order valence-corrected chi connectivity index (χ2v) is 9.73. The number of thioether (sulfide) groups is 1. The first kappa shape index (κ1) is 24.8. The van der Waals surface area contributed by atoms with E-state index in [4.69, 9.17) is 4.74 Å². The van der Waals surface area contributed by atoms with Crippen molar-refractivity contribution in [3.05, 3.63) is 35.9 Å². The highest BCUT2D eigenvalue weighted by atomic mass is 127. The van der Waals surface area contributed by atoms with Crippen molar-refractivity contribution in [1.29, 1.82) is 0 Å². The molecule has 0 bridgehead atoms. The van der Waals surface area contributed by atoms with E-state index in [2.05, 4.69) is 76.5 Å². The molecule has 1 aromatic carbocycles. The Morgan fingerprint density at radius 2 is 2.00 bits per heavy atom. The Morgan fingerprint density at radius 3 is 2.66 bits per heavy atom. The van der Waals surface area contributed by atoms with E-state index in [1.807, 2.05) is 7.05 Å². The first-order chi connectivity index (χ1) is 13.6. The number of halogens is 1. The fourth-order valence-electron chi connectivity index (χ4n) is 4.30. The molecule has 0 amide bonds. The molecule has 2 heterocycles. The molecule has 2 N–H and O–H groups in total. The van der Waals surface area contributed by atoms with Crippen LogP contribution >= 0.6 is 35.7 Å². The molecule has 2 aliphatic heterocycles. The summed E-state index contributed by atoms with van der Waals surface area (Å²) in [5.41, 5.74) is 1.38. The third kappa shape index (κ3) is 7.29. The Labute approximate surface area is 197 Å². The van der Waals surface area contributed by atoms with Gasteiger partial charge in [0.1, 0.15) is 0 Å². The van der Waals surface area contributed by atoms with Gasteiger partial charge in [-0.3, -0.25) is 9.89 Å². The van der Waals surface area contributed by atoms with Crippen LogP contribution in [-0.4, -0.2) is 66.8 Å². The Kier molecular flexibility index (Phi) is 10.6. The van der Waals surface area contributed by atoms with E-state index in [1.54, 1.807) is 0 Å². The molecule has 29 heavy (non-hydrogen) atoms. The van der Waals surface area contributed by atoms with Crippen molar-refractivity contribution >= 4 is 41.7 Å². The number of nitrogens with one attached hydrogen (secondary N) is 2. The zero-order chi connectivity index (χ0) is 19.8. The topological polar surface area (TPSA) is 48.9 Å². The number of likely N-dealkylation sites (tertiary alicyclic amines) is 1. The van der Waals surface area contributed by atoms with Crippen molar-refractivity contribution in [2.45, 2.75) is 56.5 Å². The summed E-state index contributed by atoms with van der Waals surface area (Å²) in [6.45, 7) is 9.34. The van der Waals surface area contributed by atoms with Crippen LogP contribution in [0.15, 0.2) is 35.3 Å². The van der Waals surface area contributed by atoms with Gasteiger partial charge in [-0.05, 0) is 37.5 Å². The van der Waals surface area contributed by atoms with Gasteiger partial charge in [-0.15, -0.1) is 24.0 Å². The van der Waals surface area contributed by atoms with Gasteiger partial charge in [0.05, 0.1) is 0 Å². The fraction of sp³-hybridized carbons (Fsp3) is 0.682. The highest BCUT2D eigenvalue weighted by molar-refractivity contribution is 14.0. The SMILES string of the molecule is CCSC1(CNC(=NC)NC2CC(C)N(Cc3ccccc3)C2)CCOCC1.I. The lowest BCUT2D eigenvalue weighted by Gasteiger charge is -2.37. The quantitative estimate of drug-likeness (QED) is 0.319. The van der Waals surface area contributed by atoms with Crippen LogP contribution in [0.1, 0.15) is 38.7 Å². The lowest BCUT2D eigenvalue weighted by molar-refractivity contribution is 0.0782. The largest absolute Gasteiger partial charge is 0.381 e. The smallest absolute Gasteiger partial charge is 0.191 e. The number of aliphatic imine (C=N–C) groups is 1. The van der Waals surface area contributed by atoms with Gasteiger partial charge < -0.3 is 15.4 Å². The molecule has 3 rings (SSSR count). The van der Waals surface area contributed by atoms with Crippen molar-refractivity contribution in [2.75, 3.05) is 39.1 Å². The van der Waals surface area contributed by atoms with Gasteiger partial charge in [0.15, 0.2) is 5.96 Å². The summed E-state index contributed by atoms with van der Waals surface area (Å²) in [6.07, 6.45) is 3.37. The molecular weight excluding hydrogens is 495 g/mol. The zero-order valence-electron chi connectivity index (χ0n) is 18.0. The van der Waals surface area contributed by atoms with Gasteiger partial charge in [-0.1, -0.05) is 37.3 Å². The average molecular weight is 533 g/mol. The minimum Gasteiger partial charge on any atom is -0.381 e. The van der Waals surface area contributed by atoms with Gasteiger partial charge in [-0.25, -0.2) is 0 Å². The van der Waals surface area contributed by atoms with E-state index in [9.17, 15) is 0 Å². The third-order valence-electron chi connectivity index (χ3n) is 5.93. The minimum atomic E-state index is 0. The predicted octanol–water partition coefficient (Wildman–Crippen LogP) is 3.73. The Morgan fingerprint density at radius 1 is 1.28 bits per heavy atom. The fourth-order valence-corrected chi connectivity index (χ4v) is 5.54. The molecule has 0 radical (unpaired) electrons. The number of hydrogen-bond donors (Lipinski definition) is 2. The number of nitrogens with zero attached hydrogens (tertiary/aromatic N) is 2. The zero-order valence-corrected chi connectivity index (χ0v) is 21.2. The number of hydrogen-bond acceptors (Lipinski definition) is 4. The van der Waals surface area contributed by atoms with Gasteiger partial charge in [0, 0.05) is 56.7 Å². The van der Waals surface area contributed by atoms with Gasteiger partial charge in [0.2, 0.25) is 0 Å². The minimum absolute atomic E-state index is 0. The first-order valence-corrected chi connectivity index (χ1v) is 11.6. The van der Waals surface area contributed by atoms with Crippen LogP contribution in [0.3, 0.4) is 0 Å². The molecule has 0 saturated carbocycles. The molecule has 5 nitrogen and oxygen atoms in total. The van der Waals surface area contributed by atoms with Crippen molar-refractivity contribution in [3.8, 4) is 0 Å². The van der Waals surface area contributed by atoms with E-state index in [-0.39, 0.29) is 28.7 Å². The third-order valence-corrected chi connectivity index (χ3v) is 7.38. The molecule has 2 saturated heterocycles. The van der Waals surface area contributed by atoms with Crippen LogP contribution in [0, 0.1) is 0 Å². The molecule has 0 aromatic heterocycles. The maximum Gasteiger partial charge on any atom is 0.191 e. The van der Waals surface area contributed by atoms with Crippen LogP contribution in [0.4, 0.5) is 0 Å². The highest BCUT2D eigenvalue weighted by Gasteiger charge is 2.33. The summed E-state index contributed by atoms with van der Waals surface area (Å²) < 4.78 is 5.86. The maximum absolute atomic E-state index is 5.59. The monoisotopic (exact) mass is 532 g/mol. The lowest BCUT2D eigenvalue weighted by atomic mass is 9.99. The van der Waals surface area contributed by atoms with E-state index >= 15 is 0 Å². The number of guanidine groups is 1. The molecule has 2 atom stereocenters. The lowest BCUT2D eigenvalue weighted by Crippen LogP contribution is -2.50. The van der Waals surface area contributed by atoms with E-state index < -0.39 is 0 Å².